The molecule has 1 aliphatic heterocycles. The van der Waals surface area contributed by atoms with Gasteiger partial charge in [-0.15, -0.1) is 0 Å². The molecule has 0 saturated carbocycles. The molecule has 0 bridgehead atoms. The van der Waals surface area contributed by atoms with E-state index in [4.69, 9.17) is 11.3 Å². The summed E-state index contributed by atoms with van der Waals surface area (Å²) in [5.41, 5.74) is 0.631. The van der Waals surface area contributed by atoms with Crippen LogP contribution in [0.3, 0.4) is 0 Å². The first-order chi connectivity index (χ1) is 20.0. The Bertz CT molecular complexity index is 1640. The predicted octanol–water partition coefficient (Wildman–Crippen LogP) is 6.13. The molecule has 1 aliphatic rings. The number of benzene rings is 2. The molecule has 1 unspecified atom stereocenters. The maximum Gasteiger partial charge on any atom is 0.252 e. The van der Waals surface area contributed by atoms with E-state index in [1.54, 1.807) is 30.0 Å². The molecule has 0 spiro atoms. The van der Waals surface area contributed by atoms with Crippen LogP contribution in [0, 0.1) is 12.4 Å². The molecule has 9 nitrogen and oxygen atoms in total. The number of likely N-dealkylation sites (tertiary alicyclic amines) is 1. The lowest BCUT2D eigenvalue weighted by Crippen LogP contribution is -2.44. The minimum absolute atomic E-state index is 0.0991. The van der Waals surface area contributed by atoms with E-state index in [9.17, 15) is 9.59 Å². The number of anilines is 1. The van der Waals surface area contributed by atoms with E-state index < -0.39 is 11.6 Å². The topological polar surface area (TPSA) is 105 Å². The van der Waals surface area contributed by atoms with Gasteiger partial charge >= 0.3 is 0 Å². The largest absolute Gasteiger partial charge is 0.457 e. The number of aromatic amines is 1. The number of nitrogens with zero attached hydrogens (tertiary/aromatic N) is 4. The second-order valence-corrected chi connectivity index (χ2v) is 9.70. The minimum Gasteiger partial charge on any atom is -0.457 e. The summed E-state index contributed by atoms with van der Waals surface area (Å²) in [5, 5.41) is 3.73. The number of hydrogen-bond donors (Lipinski definition) is 2. The van der Waals surface area contributed by atoms with E-state index in [0.717, 1.165) is 25.7 Å². The lowest BCUT2D eigenvalue weighted by molar-refractivity contribution is -0.128. The quantitative estimate of drug-likeness (QED) is 0.155. The van der Waals surface area contributed by atoms with Crippen molar-refractivity contribution in [3.63, 3.8) is 0 Å². The normalized spacial score (nSPS) is 15.7. The first kappa shape index (κ1) is 27.5. The van der Waals surface area contributed by atoms with Crippen molar-refractivity contribution in [3.8, 4) is 11.5 Å². The number of carbonyl (C=O) groups is 2. The van der Waals surface area contributed by atoms with Gasteiger partial charge in [-0.2, -0.15) is 0 Å². The van der Waals surface area contributed by atoms with Crippen LogP contribution >= 0.6 is 0 Å². The van der Waals surface area contributed by atoms with Crippen LogP contribution < -0.4 is 10.1 Å². The lowest BCUT2D eigenvalue weighted by atomic mass is 10.0. The molecular formula is C31H29FN6O3. The van der Waals surface area contributed by atoms with Crippen molar-refractivity contribution in [1.29, 1.82) is 0 Å². The molecule has 2 aromatic heterocycles. The van der Waals surface area contributed by atoms with Gasteiger partial charge in [0.1, 0.15) is 35.1 Å². The fraction of sp³-hybridized carbons (Fsp3) is 0.258. The van der Waals surface area contributed by atoms with Crippen molar-refractivity contribution in [3.05, 3.63) is 101 Å². The highest BCUT2D eigenvalue weighted by molar-refractivity contribution is 6.18. The van der Waals surface area contributed by atoms with Crippen LogP contribution in [0.15, 0.2) is 72.8 Å². The summed E-state index contributed by atoms with van der Waals surface area (Å²) in [6.45, 7) is 9.97. The molecular weight excluding hydrogens is 523 g/mol. The van der Waals surface area contributed by atoms with Crippen molar-refractivity contribution in [2.75, 3.05) is 18.4 Å². The molecule has 1 fully saturated rings. The summed E-state index contributed by atoms with van der Waals surface area (Å²) in [6.07, 6.45) is 7.99. The SMILES string of the molecule is [C-]#[N+]/C(=C\C)C(=O)N1CCCCCC1CNc1ncnc2[nH]cc(C(=O)c3ccc(Oc4ccccc4)cc3F)c12. The first-order valence-electron chi connectivity index (χ1n) is 13.5. The Hall–Kier alpha value is -5.04. The molecule has 1 amide bonds. The van der Waals surface area contributed by atoms with E-state index in [0.29, 0.717) is 35.7 Å². The number of H-pyrrole nitrogens is 1. The van der Waals surface area contributed by atoms with Crippen LogP contribution in [0.4, 0.5) is 10.2 Å². The summed E-state index contributed by atoms with van der Waals surface area (Å²) in [7, 11) is 0. The number of carbonyl (C=O) groups excluding carboxylic acids is 2. The number of rotatable bonds is 8. The summed E-state index contributed by atoms with van der Waals surface area (Å²) in [6, 6.07) is 13.0. The number of fused-ring (bicyclic) bond motifs is 1. The third kappa shape index (κ3) is 5.94. The van der Waals surface area contributed by atoms with Gasteiger partial charge in [0.15, 0.2) is 5.78 Å². The number of halogens is 1. The summed E-state index contributed by atoms with van der Waals surface area (Å²) in [5.74, 6) is -0.291. The third-order valence-electron chi connectivity index (χ3n) is 7.13. The molecule has 0 radical (unpaired) electrons. The van der Waals surface area contributed by atoms with Gasteiger partial charge in [-0.1, -0.05) is 44.0 Å². The number of aromatic nitrogens is 3. The highest BCUT2D eigenvalue weighted by Crippen LogP contribution is 2.29. The van der Waals surface area contributed by atoms with Gasteiger partial charge in [0.25, 0.3) is 5.91 Å². The number of para-hydroxylation sites is 1. The molecule has 5 rings (SSSR count). The van der Waals surface area contributed by atoms with Gasteiger partial charge in [0, 0.05) is 31.4 Å². The summed E-state index contributed by atoms with van der Waals surface area (Å²) in [4.78, 5) is 43.3. The number of amides is 1. The Balaban J connectivity index is 1.39. The highest BCUT2D eigenvalue weighted by Gasteiger charge is 2.28. The summed E-state index contributed by atoms with van der Waals surface area (Å²) < 4.78 is 20.8. The van der Waals surface area contributed by atoms with Crippen LogP contribution in [0.5, 0.6) is 11.5 Å². The van der Waals surface area contributed by atoms with E-state index >= 15 is 4.39 Å². The first-order valence-corrected chi connectivity index (χ1v) is 13.5. The Morgan fingerprint density at radius 2 is 1.98 bits per heavy atom. The molecule has 4 aromatic rings. The lowest BCUT2D eigenvalue weighted by Gasteiger charge is -2.30. The average Bonchev–Trinajstić information content (AvgIpc) is 3.29. The number of ether oxygens (including phenoxy) is 1. The van der Waals surface area contributed by atoms with Crippen molar-refractivity contribution in [2.24, 2.45) is 0 Å². The standard InChI is InChI=1S/C31H29FN6O3/c1-3-26(33-2)31(40)38-15-9-5-6-10-20(38)17-34-29-27-24(18-35-30(27)37-19-36-29)28(39)23-14-13-22(16-25(23)32)41-21-11-7-4-8-12-21/h3-4,7-8,11-14,16,18-20H,5-6,9-10,15,17H2,1H3,(H2,34,35,36,37)/b26-3-. The van der Waals surface area contributed by atoms with E-state index in [2.05, 4.69) is 25.1 Å². The zero-order valence-electron chi connectivity index (χ0n) is 22.6. The van der Waals surface area contributed by atoms with Gasteiger partial charge in [-0.05, 0) is 37.1 Å². The van der Waals surface area contributed by atoms with Gasteiger partial charge in [0.2, 0.25) is 5.70 Å². The van der Waals surface area contributed by atoms with E-state index in [1.807, 2.05) is 18.2 Å². The second kappa shape index (κ2) is 12.4. The number of allylic oxidation sites excluding steroid dienone is 1. The Labute approximate surface area is 236 Å². The summed E-state index contributed by atoms with van der Waals surface area (Å²) >= 11 is 0. The fourth-order valence-corrected chi connectivity index (χ4v) is 5.04. The van der Waals surface area contributed by atoms with Crippen LogP contribution in [0.25, 0.3) is 15.9 Å². The monoisotopic (exact) mass is 552 g/mol. The molecule has 208 valence electrons. The van der Waals surface area contributed by atoms with Crippen LogP contribution in [0.1, 0.15) is 48.5 Å². The third-order valence-corrected chi connectivity index (χ3v) is 7.13. The van der Waals surface area contributed by atoms with E-state index in [1.165, 1.54) is 30.7 Å². The van der Waals surface area contributed by atoms with Crippen molar-refractivity contribution < 1.29 is 18.7 Å². The zero-order chi connectivity index (χ0) is 28.8. The zero-order valence-corrected chi connectivity index (χ0v) is 22.6. The fourth-order valence-electron chi connectivity index (χ4n) is 5.04. The maximum atomic E-state index is 15.1. The Kier molecular flexibility index (Phi) is 8.34. The molecule has 3 heterocycles. The maximum absolute atomic E-state index is 15.1. The van der Waals surface area contributed by atoms with Gasteiger partial charge < -0.3 is 19.9 Å². The van der Waals surface area contributed by atoms with Crippen molar-refractivity contribution in [1.82, 2.24) is 19.9 Å². The van der Waals surface area contributed by atoms with Gasteiger partial charge in [-0.3, -0.25) is 9.59 Å². The molecule has 1 atom stereocenters. The molecule has 41 heavy (non-hydrogen) atoms. The highest BCUT2D eigenvalue weighted by atomic mass is 19.1. The molecule has 2 aromatic carbocycles. The molecule has 2 N–H and O–H groups in total. The molecule has 0 aliphatic carbocycles. The predicted molar refractivity (Wildman–Crippen MR) is 153 cm³/mol. The number of hydrogen-bond acceptors (Lipinski definition) is 6. The second-order valence-electron chi connectivity index (χ2n) is 9.70. The van der Waals surface area contributed by atoms with Gasteiger partial charge in [-0.25, -0.2) is 19.2 Å². The number of nitrogens with one attached hydrogen (secondary N) is 2. The molecule has 10 heteroatoms. The molecule has 1 saturated heterocycles. The average molecular weight is 553 g/mol. The Morgan fingerprint density at radius 3 is 2.73 bits per heavy atom. The number of ketones is 1. The smallest absolute Gasteiger partial charge is 0.252 e. The van der Waals surface area contributed by atoms with Crippen LogP contribution in [-0.4, -0.2) is 50.7 Å². The van der Waals surface area contributed by atoms with Crippen molar-refractivity contribution in [2.45, 2.75) is 38.6 Å². The van der Waals surface area contributed by atoms with E-state index in [-0.39, 0.29) is 34.5 Å². The minimum atomic E-state index is -0.712. The van der Waals surface area contributed by atoms with Crippen LogP contribution in [0.2, 0.25) is 0 Å². The van der Waals surface area contributed by atoms with Crippen molar-refractivity contribution >= 4 is 28.5 Å². The van der Waals surface area contributed by atoms with Gasteiger partial charge in [0.05, 0.1) is 23.1 Å². The Morgan fingerprint density at radius 1 is 1.15 bits per heavy atom. The van der Waals surface area contributed by atoms with Crippen LogP contribution in [-0.2, 0) is 4.79 Å².